The third-order valence-corrected chi connectivity index (χ3v) is 2.51. The van der Waals surface area contributed by atoms with Crippen molar-refractivity contribution in [1.29, 1.82) is 0 Å². The van der Waals surface area contributed by atoms with Gasteiger partial charge in [0.25, 0.3) is 0 Å². The minimum Gasteiger partial charge on any atom is -0.497 e. The topological polar surface area (TPSA) is 9.23 Å². The number of rotatable bonds is 4. The van der Waals surface area contributed by atoms with Gasteiger partial charge >= 0.3 is 0 Å². The maximum Gasteiger partial charge on any atom is 0.119 e. The smallest absolute Gasteiger partial charge is 0.119 e. The zero-order valence-corrected chi connectivity index (χ0v) is 10.2. The first-order valence-electron chi connectivity index (χ1n) is 4.65. The van der Waals surface area contributed by atoms with Crippen molar-refractivity contribution in [3.63, 3.8) is 0 Å². The van der Waals surface area contributed by atoms with E-state index in [2.05, 4.69) is 41.1 Å². The van der Waals surface area contributed by atoms with Crippen LogP contribution in [0.1, 0.15) is 17.5 Å². The Hall–Kier alpha value is -0.760. The number of hydrogen-bond donors (Lipinski definition) is 0. The Morgan fingerprint density at radius 3 is 2.79 bits per heavy atom. The molecule has 1 nitrogen and oxygen atoms in total. The Labute approximate surface area is 93.9 Å². The minimum absolute atomic E-state index is 0.917. The second-order valence-corrected chi connectivity index (χ2v) is 3.90. The van der Waals surface area contributed by atoms with Gasteiger partial charge in [-0.15, -0.1) is 0 Å². The lowest BCUT2D eigenvalue weighted by Crippen LogP contribution is -1.85. The Bertz CT molecular complexity index is 318. The van der Waals surface area contributed by atoms with Crippen LogP contribution in [0, 0.1) is 6.92 Å². The molecule has 0 atom stereocenters. The van der Waals surface area contributed by atoms with Crippen LogP contribution in [0.3, 0.4) is 0 Å². The summed E-state index contributed by atoms with van der Waals surface area (Å²) in [5.74, 6) is 0.917. The monoisotopic (exact) mass is 254 g/mol. The van der Waals surface area contributed by atoms with Crippen molar-refractivity contribution in [2.45, 2.75) is 13.3 Å². The second kappa shape index (κ2) is 5.86. The fourth-order valence-corrected chi connectivity index (χ4v) is 1.50. The number of ether oxygens (including phenoxy) is 1. The molecular formula is C12H15BrO. The van der Waals surface area contributed by atoms with Crippen LogP contribution in [0.2, 0.25) is 0 Å². The Balaban J connectivity index is 2.78. The lowest BCUT2D eigenvalue weighted by atomic mass is 10.1. The fraction of sp³-hybridized carbons (Fsp3) is 0.333. The Kier molecular flexibility index (Phi) is 4.74. The predicted octanol–water partition coefficient (Wildman–Crippen LogP) is 3.80. The van der Waals surface area contributed by atoms with Crippen LogP contribution in [-0.4, -0.2) is 12.4 Å². The van der Waals surface area contributed by atoms with E-state index in [-0.39, 0.29) is 0 Å². The van der Waals surface area contributed by atoms with E-state index in [9.17, 15) is 0 Å². The average Bonchev–Trinajstić information content (AvgIpc) is 2.20. The van der Waals surface area contributed by atoms with Crippen LogP contribution in [0.15, 0.2) is 24.3 Å². The lowest BCUT2D eigenvalue weighted by molar-refractivity contribution is 0.414. The van der Waals surface area contributed by atoms with Gasteiger partial charge in [-0.05, 0) is 36.6 Å². The molecule has 0 amide bonds. The average molecular weight is 255 g/mol. The van der Waals surface area contributed by atoms with Gasteiger partial charge in [-0.25, -0.2) is 0 Å². The van der Waals surface area contributed by atoms with E-state index in [0.717, 1.165) is 17.5 Å². The molecule has 0 radical (unpaired) electrons. The van der Waals surface area contributed by atoms with Gasteiger partial charge in [0.15, 0.2) is 0 Å². The zero-order chi connectivity index (χ0) is 10.4. The lowest BCUT2D eigenvalue weighted by Gasteiger charge is -2.03. The summed E-state index contributed by atoms with van der Waals surface area (Å²) in [6, 6.07) is 6.12. The molecule has 0 bridgehead atoms. The van der Waals surface area contributed by atoms with Crippen LogP contribution in [0.25, 0.3) is 6.08 Å². The van der Waals surface area contributed by atoms with Gasteiger partial charge in [-0.1, -0.05) is 34.1 Å². The van der Waals surface area contributed by atoms with Gasteiger partial charge < -0.3 is 4.74 Å². The summed E-state index contributed by atoms with van der Waals surface area (Å²) < 4.78 is 5.14. The quantitative estimate of drug-likeness (QED) is 0.743. The van der Waals surface area contributed by atoms with Crippen LogP contribution in [0.4, 0.5) is 0 Å². The van der Waals surface area contributed by atoms with Gasteiger partial charge in [-0.3, -0.25) is 0 Å². The molecule has 0 fully saturated rings. The second-order valence-electron chi connectivity index (χ2n) is 3.10. The number of hydrogen-bond acceptors (Lipinski definition) is 1. The first-order chi connectivity index (χ1) is 6.77. The number of methoxy groups -OCH3 is 1. The van der Waals surface area contributed by atoms with Crippen molar-refractivity contribution >= 4 is 22.0 Å². The summed E-state index contributed by atoms with van der Waals surface area (Å²) in [5.41, 5.74) is 2.50. The van der Waals surface area contributed by atoms with E-state index in [1.807, 2.05) is 12.1 Å². The molecule has 0 spiro atoms. The minimum atomic E-state index is 0.917. The standard InChI is InChI=1S/C12H15BrO/c1-10-9-12(14-2)7-6-11(10)5-3-4-8-13/h3,5-7,9H,4,8H2,1-2H3. The highest BCUT2D eigenvalue weighted by molar-refractivity contribution is 9.09. The molecule has 1 aromatic rings. The van der Waals surface area contributed by atoms with Crippen molar-refractivity contribution in [2.24, 2.45) is 0 Å². The van der Waals surface area contributed by atoms with Crippen molar-refractivity contribution in [1.82, 2.24) is 0 Å². The van der Waals surface area contributed by atoms with Crippen molar-refractivity contribution < 1.29 is 4.74 Å². The van der Waals surface area contributed by atoms with E-state index < -0.39 is 0 Å². The highest BCUT2D eigenvalue weighted by Crippen LogP contribution is 2.18. The molecule has 1 aromatic carbocycles. The Morgan fingerprint density at radius 1 is 1.43 bits per heavy atom. The summed E-state index contributed by atoms with van der Waals surface area (Å²) >= 11 is 3.39. The normalized spacial score (nSPS) is 10.8. The van der Waals surface area contributed by atoms with Gasteiger partial charge in [0.1, 0.15) is 5.75 Å². The number of allylic oxidation sites excluding steroid dienone is 1. The number of halogens is 1. The van der Waals surface area contributed by atoms with Crippen molar-refractivity contribution in [2.75, 3.05) is 12.4 Å². The van der Waals surface area contributed by atoms with Crippen LogP contribution in [0.5, 0.6) is 5.75 Å². The van der Waals surface area contributed by atoms with E-state index >= 15 is 0 Å². The van der Waals surface area contributed by atoms with Crippen molar-refractivity contribution in [3.05, 3.63) is 35.4 Å². The third-order valence-electron chi connectivity index (χ3n) is 2.05. The molecule has 0 N–H and O–H groups in total. The summed E-state index contributed by atoms with van der Waals surface area (Å²) in [6.45, 7) is 2.09. The third kappa shape index (κ3) is 3.18. The van der Waals surface area contributed by atoms with Gasteiger partial charge in [0, 0.05) is 5.33 Å². The number of aryl methyl sites for hydroxylation is 1. The maximum atomic E-state index is 5.14. The summed E-state index contributed by atoms with van der Waals surface area (Å²) in [7, 11) is 1.69. The molecule has 0 aromatic heterocycles. The SMILES string of the molecule is COc1ccc(C=CCCBr)c(C)c1. The molecule has 2 heteroatoms. The molecule has 0 saturated carbocycles. The summed E-state index contributed by atoms with van der Waals surface area (Å²) in [4.78, 5) is 0. The highest BCUT2D eigenvalue weighted by Gasteiger charge is 1.96. The molecule has 0 aliphatic heterocycles. The fourth-order valence-electron chi connectivity index (χ4n) is 1.24. The number of benzene rings is 1. The number of alkyl halides is 1. The molecule has 0 saturated heterocycles. The van der Waals surface area contributed by atoms with E-state index in [0.29, 0.717) is 0 Å². The molecule has 14 heavy (non-hydrogen) atoms. The van der Waals surface area contributed by atoms with Gasteiger partial charge in [0.05, 0.1) is 7.11 Å². The van der Waals surface area contributed by atoms with Gasteiger partial charge in [-0.2, -0.15) is 0 Å². The van der Waals surface area contributed by atoms with Crippen molar-refractivity contribution in [3.8, 4) is 5.75 Å². The van der Waals surface area contributed by atoms with Crippen LogP contribution >= 0.6 is 15.9 Å². The Morgan fingerprint density at radius 2 is 2.21 bits per heavy atom. The first kappa shape index (κ1) is 11.3. The highest BCUT2D eigenvalue weighted by atomic mass is 79.9. The van der Waals surface area contributed by atoms with Crippen LogP contribution in [-0.2, 0) is 0 Å². The van der Waals surface area contributed by atoms with Crippen LogP contribution < -0.4 is 4.74 Å². The molecule has 1 rings (SSSR count). The summed E-state index contributed by atoms with van der Waals surface area (Å²) in [5, 5.41) is 1.01. The van der Waals surface area contributed by atoms with Gasteiger partial charge in [0.2, 0.25) is 0 Å². The molecule has 0 heterocycles. The molecule has 76 valence electrons. The largest absolute Gasteiger partial charge is 0.497 e. The predicted molar refractivity (Wildman–Crippen MR) is 65.2 cm³/mol. The molecular weight excluding hydrogens is 240 g/mol. The molecule has 0 aliphatic carbocycles. The van der Waals surface area contributed by atoms with E-state index in [1.165, 1.54) is 11.1 Å². The van der Waals surface area contributed by atoms with E-state index in [1.54, 1.807) is 7.11 Å². The summed E-state index contributed by atoms with van der Waals surface area (Å²) in [6.07, 6.45) is 5.38. The molecule has 0 unspecified atom stereocenters. The zero-order valence-electron chi connectivity index (χ0n) is 8.59. The molecule has 0 aliphatic rings. The maximum absolute atomic E-state index is 5.14. The van der Waals surface area contributed by atoms with E-state index in [4.69, 9.17) is 4.74 Å². The first-order valence-corrected chi connectivity index (χ1v) is 5.77.